The summed E-state index contributed by atoms with van der Waals surface area (Å²) in [6, 6.07) is 0. The molecule has 0 heterocycles. The van der Waals surface area contributed by atoms with Gasteiger partial charge in [0.05, 0.1) is 12.4 Å². The predicted molar refractivity (Wildman–Crippen MR) is 109 cm³/mol. The van der Waals surface area contributed by atoms with E-state index in [4.69, 9.17) is 4.74 Å². The fourth-order valence-corrected chi connectivity index (χ4v) is 6.99. The van der Waals surface area contributed by atoms with E-state index in [1.807, 2.05) is 0 Å². The summed E-state index contributed by atoms with van der Waals surface area (Å²) in [6.07, 6.45) is 12.3. The van der Waals surface area contributed by atoms with Crippen molar-refractivity contribution in [2.75, 3.05) is 20.7 Å². The topological polar surface area (TPSA) is 29.3 Å². The van der Waals surface area contributed by atoms with Crippen LogP contribution in [0, 0.1) is 28.6 Å². The van der Waals surface area contributed by atoms with Crippen molar-refractivity contribution in [3.8, 4) is 0 Å². The molecular weight excluding hydrogens is 334 g/mol. The van der Waals surface area contributed by atoms with Crippen LogP contribution < -0.4 is 0 Å². The van der Waals surface area contributed by atoms with E-state index in [0.717, 1.165) is 44.5 Å². The van der Waals surface area contributed by atoms with Crippen molar-refractivity contribution in [1.82, 2.24) is 0 Å². The standard InChI is InChI=1S/C24H36NO2/c1-6-27-17-9-11-23(2)20-10-12-24(3)19(7-8-22(24)26)18(20)13-16(15-25(4)5)21(23)14-17/h14-15,18-20H,6-13H2,1-5H3/q+1/t18-,19-,20-,23+,24-/m0/s1. The van der Waals surface area contributed by atoms with Crippen LogP contribution in [0.25, 0.3) is 0 Å². The van der Waals surface area contributed by atoms with Gasteiger partial charge in [0.1, 0.15) is 19.9 Å². The molecule has 4 aliphatic carbocycles. The van der Waals surface area contributed by atoms with Crippen molar-refractivity contribution in [3.63, 3.8) is 0 Å². The molecule has 0 aromatic heterocycles. The average Bonchev–Trinajstić information content (AvgIpc) is 2.91. The summed E-state index contributed by atoms with van der Waals surface area (Å²) in [6.45, 7) is 7.60. The molecule has 3 heteroatoms. The maximum atomic E-state index is 12.7. The molecule has 2 fully saturated rings. The first-order valence-electron chi connectivity index (χ1n) is 10.9. The smallest absolute Gasteiger partial charge is 0.166 e. The molecule has 0 radical (unpaired) electrons. The molecule has 4 rings (SSSR count). The van der Waals surface area contributed by atoms with Gasteiger partial charge in [0.15, 0.2) is 6.21 Å². The van der Waals surface area contributed by atoms with Crippen LogP contribution in [-0.4, -0.2) is 37.3 Å². The van der Waals surface area contributed by atoms with E-state index in [0.29, 0.717) is 23.5 Å². The molecule has 0 spiro atoms. The minimum absolute atomic E-state index is 0.0563. The third kappa shape index (κ3) is 2.84. The van der Waals surface area contributed by atoms with Gasteiger partial charge in [-0.1, -0.05) is 13.8 Å². The Bertz CT molecular complexity index is 741. The summed E-state index contributed by atoms with van der Waals surface area (Å²) in [7, 11) is 4.24. The number of ether oxygens (including phenoxy) is 1. The molecule has 0 N–H and O–H groups in total. The number of hydrogen-bond acceptors (Lipinski definition) is 2. The number of carbonyl (C=O) groups is 1. The molecule has 4 aliphatic rings. The highest BCUT2D eigenvalue weighted by molar-refractivity contribution is 5.87. The summed E-state index contributed by atoms with van der Waals surface area (Å²) in [5.74, 6) is 3.62. The zero-order valence-corrected chi connectivity index (χ0v) is 17.8. The normalized spacial score (nSPS) is 40.7. The highest BCUT2D eigenvalue weighted by Gasteiger charge is 2.59. The Morgan fingerprint density at radius 2 is 1.89 bits per heavy atom. The first-order valence-corrected chi connectivity index (χ1v) is 10.9. The van der Waals surface area contributed by atoms with Crippen molar-refractivity contribution in [2.45, 2.75) is 65.7 Å². The molecule has 0 bridgehead atoms. The molecule has 0 amide bonds. The van der Waals surface area contributed by atoms with E-state index in [1.165, 1.54) is 24.0 Å². The lowest BCUT2D eigenvalue weighted by Gasteiger charge is -2.56. The molecule has 3 nitrogen and oxygen atoms in total. The molecule has 0 aromatic carbocycles. The minimum Gasteiger partial charge on any atom is -0.498 e. The van der Waals surface area contributed by atoms with Crippen molar-refractivity contribution in [1.29, 1.82) is 0 Å². The van der Waals surface area contributed by atoms with Crippen LogP contribution in [0.4, 0.5) is 0 Å². The molecular formula is C24H36NO2+. The zero-order valence-electron chi connectivity index (χ0n) is 17.8. The fraction of sp³-hybridized carbons (Fsp3) is 0.750. The minimum atomic E-state index is -0.0563. The summed E-state index contributed by atoms with van der Waals surface area (Å²) in [5, 5.41) is 0. The third-order valence-electron chi connectivity index (χ3n) is 8.32. The van der Waals surface area contributed by atoms with E-state index in [-0.39, 0.29) is 10.8 Å². The summed E-state index contributed by atoms with van der Waals surface area (Å²) in [4.78, 5) is 12.7. The Kier molecular flexibility index (Phi) is 4.63. The molecule has 2 saturated carbocycles. The number of carbonyl (C=O) groups excluding carboxylic acids is 1. The van der Waals surface area contributed by atoms with E-state index >= 15 is 0 Å². The number of ketones is 1. The SMILES string of the molecule is CCOC1=CC2=C(C=[N+](C)C)C[C@@H]3[C@H](CC[C@]4(C)C(=O)CC[C@@H]34)[C@@]2(C)CC1. The molecule has 0 saturated heterocycles. The highest BCUT2D eigenvalue weighted by Crippen LogP contribution is 2.64. The van der Waals surface area contributed by atoms with E-state index in [9.17, 15) is 4.79 Å². The highest BCUT2D eigenvalue weighted by atomic mass is 16.5. The second-order valence-corrected chi connectivity index (χ2v) is 9.99. The Morgan fingerprint density at radius 3 is 2.59 bits per heavy atom. The van der Waals surface area contributed by atoms with Crippen molar-refractivity contribution in [3.05, 3.63) is 23.0 Å². The number of rotatable bonds is 3. The van der Waals surface area contributed by atoms with Gasteiger partial charge in [-0.25, -0.2) is 4.58 Å². The maximum absolute atomic E-state index is 12.7. The Balaban J connectivity index is 1.80. The maximum Gasteiger partial charge on any atom is 0.166 e. The number of nitrogens with zero attached hydrogens (tertiary/aromatic N) is 1. The van der Waals surface area contributed by atoms with Gasteiger partial charge in [0, 0.05) is 23.8 Å². The predicted octanol–water partition coefficient (Wildman–Crippen LogP) is 4.76. The van der Waals surface area contributed by atoms with Gasteiger partial charge in [0.25, 0.3) is 0 Å². The van der Waals surface area contributed by atoms with Gasteiger partial charge < -0.3 is 4.74 Å². The monoisotopic (exact) mass is 370 g/mol. The number of fused-ring (bicyclic) bond motifs is 5. The zero-order chi connectivity index (χ0) is 19.4. The Morgan fingerprint density at radius 1 is 1.15 bits per heavy atom. The van der Waals surface area contributed by atoms with Crippen molar-refractivity contribution in [2.24, 2.45) is 28.6 Å². The van der Waals surface area contributed by atoms with Crippen LogP contribution in [0.1, 0.15) is 65.7 Å². The lowest BCUT2D eigenvalue weighted by Crippen LogP contribution is -2.50. The van der Waals surface area contributed by atoms with Gasteiger partial charge in [-0.15, -0.1) is 0 Å². The van der Waals surface area contributed by atoms with E-state index < -0.39 is 0 Å². The summed E-state index contributed by atoms with van der Waals surface area (Å²) >= 11 is 0. The van der Waals surface area contributed by atoms with Crippen molar-refractivity contribution < 1.29 is 14.1 Å². The second kappa shape index (κ2) is 6.60. The summed E-state index contributed by atoms with van der Waals surface area (Å²) < 4.78 is 8.11. The summed E-state index contributed by atoms with van der Waals surface area (Å²) in [5.41, 5.74) is 3.15. The van der Waals surface area contributed by atoms with Crippen LogP contribution in [0.3, 0.4) is 0 Å². The molecule has 0 unspecified atom stereocenters. The first kappa shape index (κ1) is 19.0. The molecule has 0 aromatic rings. The Labute approximate surface area is 164 Å². The van der Waals surface area contributed by atoms with E-state index in [1.54, 1.807) is 0 Å². The van der Waals surface area contributed by atoms with E-state index in [2.05, 4.69) is 51.7 Å². The van der Waals surface area contributed by atoms with Gasteiger partial charge >= 0.3 is 0 Å². The van der Waals surface area contributed by atoms with Crippen LogP contribution >= 0.6 is 0 Å². The van der Waals surface area contributed by atoms with Crippen LogP contribution in [0.2, 0.25) is 0 Å². The van der Waals surface area contributed by atoms with Crippen LogP contribution in [0.5, 0.6) is 0 Å². The van der Waals surface area contributed by atoms with Gasteiger partial charge in [0.2, 0.25) is 0 Å². The van der Waals surface area contributed by atoms with Gasteiger partial charge in [-0.3, -0.25) is 4.79 Å². The van der Waals surface area contributed by atoms with Crippen LogP contribution in [-0.2, 0) is 9.53 Å². The van der Waals surface area contributed by atoms with Crippen molar-refractivity contribution >= 4 is 12.0 Å². The fourth-order valence-electron chi connectivity index (χ4n) is 6.99. The third-order valence-corrected chi connectivity index (χ3v) is 8.32. The molecule has 27 heavy (non-hydrogen) atoms. The number of allylic oxidation sites excluding steroid dienone is 4. The number of Topliss-reactive ketones (excluding diaryl/α,β-unsaturated/α-hetero) is 1. The molecule has 0 aliphatic heterocycles. The lowest BCUT2D eigenvalue weighted by atomic mass is 9.47. The van der Waals surface area contributed by atoms with Gasteiger partial charge in [-0.05, 0) is 73.8 Å². The number of hydrogen-bond donors (Lipinski definition) is 0. The first-order chi connectivity index (χ1) is 12.8. The molecule has 148 valence electrons. The largest absolute Gasteiger partial charge is 0.498 e. The van der Waals surface area contributed by atoms with Gasteiger partial charge in [-0.2, -0.15) is 0 Å². The second-order valence-electron chi connectivity index (χ2n) is 9.99. The Hall–Kier alpha value is -1.38. The average molecular weight is 371 g/mol. The molecule has 5 atom stereocenters. The lowest BCUT2D eigenvalue weighted by molar-refractivity contribution is -0.459. The quantitative estimate of drug-likeness (QED) is 0.529. The van der Waals surface area contributed by atoms with Crippen LogP contribution in [0.15, 0.2) is 23.0 Å².